The number of H-pyrrole nitrogens is 1. The Morgan fingerprint density at radius 2 is 1.67 bits per heavy atom. The van der Waals surface area contributed by atoms with Crippen LogP contribution in [-0.2, 0) is 30.4 Å². The molecule has 0 fully saturated rings. The van der Waals surface area contributed by atoms with Crippen LogP contribution in [0.1, 0.15) is 51.6 Å². The van der Waals surface area contributed by atoms with E-state index in [9.17, 15) is 29.1 Å². The summed E-state index contributed by atoms with van der Waals surface area (Å²) in [5.74, 6) is -5.09. The van der Waals surface area contributed by atoms with E-state index in [0.717, 1.165) is 0 Å². The van der Waals surface area contributed by atoms with Gasteiger partial charge in [-0.05, 0) is 31.7 Å². The molecule has 0 aliphatic heterocycles. The number of aliphatic carboxylic acids is 2. The Labute approximate surface area is 209 Å². The molecule has 1 aromatic heterocycles. The minimum Gasteiger partial charge on any atom is -0.481 e. The predicted molar refractivity (Wildman–Crippen MR) is 128 cm³/mol. The van der Waals surface area contributed by atoms with Crippen molar-refractivity contribution >= 4 is 29.7 Å². The lowest BCUT2D eigenvalue weighted by Crippen LogP contribution is -2.58. The second-order valence-corrected chi connectivity index (χ2v) is 8.60. The summed E-state index contributed by atoms with van der Waals surface area (Å²) in [6, 6.07) is -4.85. The second kappa shape index (κ2) is 15.5. The molecule has 0 aliphatic carbocycles. The molecule has 0 aromatic carbocycles. The molecule has 1 heterocycles. The Morgan fingerprint density at radius 3 is 2.19 bits per heavy atom. The lowest BCUT2D eigenvalue weighted by Gasteiger charge is -2.26. The van der Waals surface area contributed by atoms with Crippen molar-refractivity contribution in [3.8, 4) is 0 Å². The zero-order valence-electron chi connectivity index (χ0n) is 20.5. The number of carboxylic acid groups (broad SMARTS) is 2. The SMILES string of the molecule is CCC(C)C(NC(=O)C(CCCCN)NC(=O)C(Cc1cnc[nH]1)NC(=O)C(N)CC(=O)O)C(=O)O. The minimum absolute atomic E-state index is 0.0425. The monoisotopic (exact) mass is 511 g/mol. The molecule has 14 heteroatoms. The first-order valence-electron chi connectivity index (χ1n) is 11.8. The number of aromatic amines is 1. The maximum absolute atomic E-state index is 13.2. The molecule has 5 unspecified atom stereocenters. The van der Waals surface area contributed by atoms with Crippen LogP contribution in [0.25, 0.3) is 0 Å². The number of nitrogens with one attached hydrogen (secondary N) is 4. The van der Waals surface area contributed by atoms with Crippen LogP contribution in [0.5, 0.6) is 0 Å². The minimum atomic E-state index is -1.39. The normalized spacial score (nSPS) is 15.1. The van der Waals surface area contributed by atoms with E-state index in [0.29, 0.717) is 31.5 Å². The molecule has 0 bridgehead atoms. The van der Waals surface area contributed by atoms with E-state index in [-0.39, 0.29) is 18.8 Å². The van der Waals surface area contributed by atoms with Gasteiger partial charge < -0.3 is 42.6 Å². The number of hydrogen-bond donors (Lipinski definition) is 8. The standard InChI is InChI=1S/C22H37N7O7/c1-3-12(2)18(22(35)36)29-20(33)15(6-4-5-7-23)27-21(34)16(8-13-10-25-11-26-13)28-19(32)14(24)9-17(30)31/h10-12,14-16,18H,3-9,23-24H2,1-2H3,(H,25,26)(H,27,34)(H,28,32)(H,29,33)(H,30,31)(H,35,36). The zero-order valence-corrected chi connectivity index (χ0v) is 20.5. The van der Waals surface area contributed by atoms with Gasteiger partial charge in [0.2, 0.25) is 17.7 Å². The van der Waals surface area contributed by atoms with Gasteiger partial charge in [0.15, 0.2) is 0 Å². The summed E-state index contributed by atoms with van der Waals surface area (Å²) in [6.45, 7) is 3.86. The van der Waals surface area contributed by atoms with Crippen LogP contribution in [0, 0.1) is 5.92 Å². The summed E-state index contributed by atoms with van der Waals surface area (Å²) in [7, 11) is 0. The molecule has 0 saturated carbocycles. The van der Waals surface area contributed by atoms with Crippen LogP contribution in [0.4, 0.5) is 0 Å². The van der Waals surface area contributed by atoms with Gasteiger partial charge in [0.25, 0.3) is 0 Å². The number of amides is 3. The summed E-state index contributed by atoms with van der Waals surface area (Å²) < 4.78 is 0. The maximum Gasteiger partial charge on any atom is 0.326 e. The van der Waals surface area contributed by atoms with Crippen molar-refractivity contribution in [2.75, 3.05) is 6.54 Å². The highest BCUT2D eigenvalue weighted by molar-refractivity contribution is 5.94. The van der Waals surface area contributed by atoms with E-state index in [1.54, 1.807) is 13.8 Å². The predicted octanol–water partition coefficient (Wildman–Crippen LogP) is -1.53. The first kappa shape index (κ1) is 30.5. The molecule has 14 nitrogen and oxygen atoms in total. The van der Waals surface area contributed by atoms with Crippen molar-refractivity contribution in [2.24, 2.45) is 17.4 Å². The highest BCUT2D eigenvalue weighted by Crippen LogP contribution is 2.10. The van der Waals surface area contributed by atoms with Crippen molar-refractivity contribution in [2.45, 2.75) is 76.5 Å². The van der Waals surface area contributed by atoms with Crippen LogP contribution in [0.15, 0.2) is 12.5 Å². The lowest BCUT2D eigenvalue weighted by molar-refractivity contribution is -0.144. The van der Waals surface area contributed by atoms with Crippen molar-refractivity contribution in [3.63, 3.8) is 0 Å². The van der Waals surface area contributed by atoms with Crippen molar-refractivity contribution < 1.29 is 34.2 Å². The van der Waals surface area contributed by atoms with Gasteiger partial charge >= 0.3 is 11.9 Å². The Morgan fingerprint density at radius 1 is 1.03 bits per heavy atom. The highest BCUT2D eigenvalue weighted by atomic mass is 16.4. The van der Waals surface area contributed by atoms with E-state index < -0.39 is 60.2 Å². The molecule has 1 aromatic rings. The fourth-order valence-corrected chi connectivity index (χ4v) is 3.36. The quantitative estimate of drug-likeness (QED) is 0.112. The first-order valence-corrected chi connectivity index (χ1v) is 11.8. The fourth-order valence-electron chi connectivity index (χ4n) is 3.36. The summed E-state index contributed by atoms with van der Waals surface area (Å²) in [6.07, 6.45) is 3.90. The molecule has 0 spiro atoms. The van der Waals surface area contributed by atoms with Gasteiger partial charge in [-0.2, -0.15) is 0 Å². The van der Waals surface area contributed by atoms with E-state index in [1.165, 1.54) is 12.5 Å². The third-order valence-corrected chi connectivity index (χ3v) is 5.70. The topological polar surface area (TPSA) is 243 Å². The number of carbonyl (C=O) groups excluding carboxylic acids is 3. The molecular formula is C22H37N7O7. The molecule has 3 amide bonds. The Balaban J connectivity index is 3.08. The van der Waals surface area contributed by atoms with Gasteiger partial charge in [0.05, 0.1) is 18.8 Å². The van der Waals surface area contributed by atoms with Crippen molar-refractivity contribution in [3.05, 3.63) is 18.2 Å². The van der Waals surface area contributed by atoms with Crippen molar-refractivity contribution in [1.82, 2.24) is 25.9 Å². The van der Waals surface area contributed by atoms with Crippen LogP contribution in [-0.4, -0.2) is 80.6 Å². The Hall–Kier alpha value is -3.52. The smallest absolute Gasteiger partial charge is 0.326 e. The second-order valence-electron chi connectivity index (χ2n) is 8.60. The summed E-state index contributed by atoms with van der Waals surface area (Å²) >= 11 is 0. The van der Waals surface area contributed by atoms with Gasteiger partial charge in [-0.3, -0.25) is 19.2 Å². The average molecular weight is 512 g/mol. The number of carbonyl (C=O) groups is 5. The molecule has 0 radical (unpaired) electrons. The highest BCUT2D eigenvalue weighted by Gasteiger charge is 2.32. The number of imidazole rings is 1. The molecule has 36 heavy (non-hydrogen) atoms. The fraction of sp³-hybridized carbons (Fsp3) is 0.636. The first-order chi connectivity index (χ1) is 17.0. The molecule has 0 aliphatic rings. The molecule has 0 saturated heterocycles. The number of rotatable bonds is 17. The number of unbranched alkanes of at least 4 members (excludes halogenated alkanes) is 1. The van der Waals surface area contributed by atoms with Gasteiger partial charge in [-0.15, -0.1) is 0 Å². The third kappa shape index (κ3) is 10.4. The van der Waals surface area contributed by atoms with Crippen LogP contribution in [0.3, 0.4) is 0 Å². The lowest BCUT2D eigenvalue weighted by atomic mass is 9.98. The van der Waals surface area contributed by atoms with Gasteiger partial charge in [-0.25, -0.2) is 9.78 Å². The van der Waals surface area contributed by atoms with Crippen LogP contribution < -0.4 is 27.4 Å². The van der Waals surface area contributed by atoms with E-state index in [2.05, 4.69) is 25.9 Å². The van der Waals surface area contributed by atoms with Gasteiger partial charge in [-0.1, -0.05) is 20.3 Å². The molecule has 202 valence electrons. The Bertz CT molecular complexity index is 878. The summed E-state index contributed by atoms with van der Waals surface area (Å²) in [5.41, 5.74) is 11.6. The summed E-state index contributed by atoms with van der Waals surface area (Å²) in [4.78, 5) is 67.8. The van der Waals surface area contributed by atoms with Crippen LogP contribution in [0.2, 0.25) is 0 Å². The maximum atomic E-state index is 13.2. The zero-order chi connectivity index (χ0) is 27.3. The molecule has 10 N–H and O–H groups in total. The van der Waals surface area contributed by atoms with E-state index in [4.69, 9.17) is 16.6 Å². The summed E-state index contributed by atoms with van der Waals surface area (Å²) in [5, 5.41) is 25.9. The number of carboxylic acids is 2. The molecular weight excluding hydrogens is 474 g/mol. The number of hydrogen-bond acceptors (Lipinski definition) is 8. The van der Waals surface area contributed by atoms with Gasteiger partial charge in [0, 0.05) is 18.3 Å². The van der Waals surface area contributed by atoms with Crippen molar-refractivity contribution in [1.29, 1.82) is 0 Å². The Kier molecular flexibility index (Phi) is 13.1. The number of nitrogens with two attached hydrogens (primary N) is 2. The molecule has 1 rings (SSSR count). The van der Waals surface area contributed by atoms with E-state index in [1.807, 2.05) is 0 Å². The molecule has 5 atom stereocenters. The largest absolute Gasteiger partial charge is 0.481 e. The van der Waals surface area contributed by atoms with Gasteiger partial charge in [0.1, 0.15) is 18.1 Å². The number of nitrogens with zero attached hydrogens (tertiary/aromatic N) is 1. The number of aromatic nitrogens is 2. The van der Waals surface area contributed by atoms with Crippen LogP contribution >= 0.6 is 0 Å². The average Bonchev–Trinajstić information content (AvgIpc) is 3.33. The van der Waals surface area contributed by atoms with E-state index >= 15 is 0 Å². The third-order valence-electron chi connectivity index (χ3n) is 5.70.